The fourth-order valence-corrected chi connectivity index (χ4v) is 4.94. The molecule has 3 rings (SSSR count). The third-order valence-corrected chi connectivity index (χ3v) is 12.1. The highest BCUT2D eigenvalue weighted by Gasteiger charge is 2.43. The number of aromatic nitrogens is 4. The molecule has 0 bridgehead atoms. The van der Waals surface area contributed by atoms with Crippen LogP contribution in [-0.2, 0) is 22.0 Å². The first-order valence-corrected chi connectivity index (χ1v) is 14.9. The predicted octanol–water partition coefficient (Wildman–Crippen LogP) is 6.52. The van der Waals surface area contributed by atoms with Crippen LogP contribution in [0.5, 0.6) is 0 Å². The SMILES string of the molecule is Cc1ccc(C(c2ccn3c(C(F)(F)F)nnc3c2C)C(C)(C)C(=O)O)nc1CO[Si](C)(C)C(C)(C)C. The Morgan fingerprint density at radius 2 is 1.70 bits per heavy atom. The Labute approximate surface area is 216 Å². The molecule has 0 saturated heterocycles. The van der Waals surface area contributed by atoms with Crippen molar-refractivity contribution in [2.24, 2.45) is 5.41 Å². The number of carboxylic acids is 1. The van der Waals surface area contributed by atoms with Gasteiger partial charge >= 0.3 is 12.1 Å². The summed E-state index contributed by atoms with van der Waals surface area (Å²) < 4.78 is 47.4. The number of aryl methyl sites for hydroxylation is 2. The van der Waals surface area contributed by atoms with Crippen LogP contribution >= 0.6 is 0 Å². The molecule has 1 atom stereocenters. The molecule has 0 radical (unpaired) electrons. The summed E-state index contributed by atoms with van der Waals surface area (Å²) in [6.45, 7) is 17.7. The molecule has 0 saturated carbocycles. The van der Waals surface area contributed by atoms with Crippen molar-refractivity contribution in [1.82, 2.24) is 19.6 Å². The number of pyridine rings is 2. The number of hydrogen-bond acceptors (Lipinski definition) is 5. The summed E-state index contributed by atoms with van der Waals surface area (Å²) in [4.78, 5) is 17.3. The van der Waals surface area contributed by atoms with E-state index in [0.29, 0.717) is 22.5 Å². The number of nitrogens with zero attached hydrogens (tertiary/aromatic N) is 4. The molecule has 37 heavy (non-hydrogen) atoms. The Balaban J connectivity index is 2.16. The summed E-state index contributed by atoms with van der Waals surface area (Å²) in [6, 6.07) is 5.16. The highest BCUT2D eigenvalue weighted by atomic mass is 28.4. The van der Waals surface area contributed by atoms with Crippen LogP contribution in [0.1, 0.15) is 74.4 Å². The van der Waals surface area contributed by atoms with Gasteiger partial charge in [-0.2, -0.15) is 13.2 Å². The summed E-state index contributed by atoms with van der Waals surface area (Å²) in [5.74, 6) is -2.96. The second-order valence-corrected chi connectivity index (χ2v) is 16.4. The van der Waals surface area contributed by atoms with Crippen LogP contribution in [0.4, 0.5) is 13.2 Å². The van der Waals surface area contributed by atoms with Gasteiger partial charge < -0.3 is 9.53 Å². The van der Waals surface area contributed by atoms with Gasteiger partial charge in [-0.25, -0.2) is 0 Å². The quantitative estimate of drug-likeness (QED) is 0.346. The summed E-state index contributed by atoms with van der Waals surface area (Å²) in [5, 5.41) is 17.3. The molecule has 3 heterocycles. The maximum Gasteiger partial charge on any atom is 0.452 e. The molecule has 7 nitrogen and oxygen atoms in total. The van der Waals surface area contributed by atoms with Crippen LogP contribution in [0.25, 0.3) is 5.65 Å². The Morgan fingerprint density at radius 3 is 2.24 bits per heavy atom. The molecule has 3 aromatic rings. The maximum absolute atomic E-state index is 13.4. The average molecular weight is 537 g/mol. The molecule has 0 fully saturated rings. The zero-order valence-electron chi connectivity index (χ0n) is 22.8. The molecular weight excluding hydrogens is 501 g/mol. The zero-order valence-corrected chi connectivity index (χ0v) is 23.8. The van der Waals surface area contributed by atoms with Gasteiger partial charge in [0.25, 0.3) is 0 Å². The van der Waals surface area contributed by atoms with Crippen LogP contribution in [0.15, 0.2) is 24.4 Å². The predicted molar refractivity (Wildman–Crippen MR) is 137 cm³/mol. The van der Waals surface area contributed by atoms with E-state index in [0.717, 1.165) is 9.96 Å². The van der Waals surface area contributed by atoms with E-state index in [1.165, 1.54) is 12.3 Å². The average Bonchev–Trinajstić information content (AvgIpc) is 3.20. The van der Waals surface area contributed by atoms with E-state index >= 15 is 0 Å². The number of hydrogen-bond donors (Lipinski definition) is 1. The van der Waals surface area contributed by atoms with Gasteiger partial charge in [0.15, 0.2) is 14.0 Å². The molecule has 0 spiro atoms. The lowest BCUT2D eigenvalue weighted by Crippen LogP contribution is -2.40. The molecular formula is C26H35F3N4O3Si. The first-order chi connectivity index (χ1) is 16.8. The molecule has 0 aromatic carbocycles. The Hall–Kier alpha value is -2.79. The van der Waals surface area contributed by atoms with Crippen LogP contribution < -0.4 is 0 Å². The minimum atomic E-state index is -4.68. The van der Waals surface area contributed by atoms with Crippen molar-refractivity contribution in [3.63, 3.8) is 0 Å². The molecule has 0 aliphatic heterocycles. The van der Waals surface area contributed by atoms with E-state index in [9.17, 15) is 23.1 Å². The minimum Gasteiger partial charge on any atom is -0.481 e. The van der Waals surface area contributed by atoms with E-state index in [-0.39, 0.29) is 17.3 Å². The highest BCUT2D eigenvalue weighted by Crippen LogP contribution is 2.43. The van der Waals surface area contributed by atoms with Crippen molar-refractivity contribution in [3.05, 3.63) is 58.3 Å². The number of fused-ring (bicyclic) bond motifs is 1. The van der Waals surface area contributed by atoms with Gasteiger partial charge in [-0.05, 0) is 74.7 Å². The molecule has 11 heteroatoms. The first kappa shape index (κ1) is 28.8. The standard InChI is InChI=1S/C26H35F3N4O3Si/c1-15-10-11-18(30-19(15)14-36-37(8,9)24(3,4)5)20(25(6,7)23(34)35)17-12-13-33-21(16(17)2)31-32-22(33)26(27,28)29/h10-13,20H,14H2,1-9H3,(H,34,35). The van der Waals surface area contributed by atoms with E-state index in [1.807, 2.05) is 13.0 Å². The Bertz CT molecular complexity index is 1330. The number of alkyl halides is 3. The lowest BCUT2D eigenvalue weighted by molar-refractivity contribution is -0.147. The van der Waals surface area contributed by atoms with Crippen molar-refractivity contribution < 1.29 is 27.5 Å². The largest absolute Gasteiger partial charge is 0.481 e. The van der Waals surface area contributed by atoms with Gasteiger partial charge in [-0.3, -0.25) is 14.2 Å². The molecule has 3 aromatic heterocycles. The number of halogens is 3. The summed E-state index contributed by atoms with van der Waals surface area (Å²) in [6.07, 6.45) is -3.44. The van der Waals surface area contributed by atoms with E-state index in [4.69, 9.17) is 9.41 Å². The summed E-state index contributed by atoms with van der Waals surface area (Å²) in [7, 11) is -2.07. The fraction of sp³-hybridized carbons (Fsp3) is 0.538. The Morgan fingerprint density at radius 1 is 1.08 bits per heavy atom. The molecule has 0 aliphatic carbocycles. The number of aliphatic carboxylic acids is 1. The van der Waals surface area contributed by atoms with Crippen molar-refractivity contribution in [2.75, 3.05) is 0 Å². The third kappa shape index (κ3) is 5.43. The normalized spacial score (nSPS) is 14.3. The van der Waals surface area contributed by atoms with Gasteiger partial charge in [-0.15, -0.1) is 10.2 Å². The molecule has 1 N–H and O–H groups in total. The summed E-state index contributed by atoms with van der Waals surface area (Å²) in [5.41, 5.74) is 1.72. The van der Waals surface area contributed by atoms with Gasteiger partial charge in [-0.1, -0.05) is 26.8 Å². The lowest BCUT2D eigenvalue weighted by atomic mass is 9.72. The number of carboxylic acid groups (broad SMARTS) is 1. The second-order valence-electron chi connectivity index (χ2n) is 11.6. The van der Waals surface area contributed by atoms with E-state index in [2.05, 4.69) is 44.1 Å². The highest BCUT2D eigenvalue weighted by molar-refractivity contribution is 6.74. The number of rotatable bonds is 7. The number of carbonyl (C=O) groups is 1. The monoisotopic (exact) mass is 536 g/mol. The first-order valence-electron chi connectivity index (χ1n) is 12.0. The molecule has 202 valence electrons. The molecule has 0 aliphatic rings. The second kappa shape index (κ2) is 9.50. The zero-order chi connectivity index (χ0) is 28.1. The van der Waals surface area contributed by atoms with E-state index < -0.39 is 37.6 Å². The minimum absolute atomic E-state index is 0.00633. The van der Waals surface area contributed by atoms with Crippen LogP contribution in [0.3, 0.4) is 0 Å². The maximum atomic E-state index is 13.4. The fourth-order valence-electron chi connectivity index (χ4n) is 4.00. The third-order valence-electron chi connectivity index (χ3n) is 7.60. The lowest BCUT2D eigenvalue weighted by Gasteiger charge is -2.36. The molecule has 0 amide bonds. The van der Waals surface area contributed by atoms with Crippen LogP contribution in [0.2, 0.25) is 18.1 Å². The van der Waals surface area contributed by atoms with Crippen molar-refractivity contribution in [1.29, 1.82) is 0 Å². The van der Waals surface area contributed by atoms with Crippen molar-refractivity contribution in [2.45, 2.75) is 85.3 Å². The van der Waals surface area contributed by atoms with Crippen LogP contribution in [-0.4, -0.2) is 39.0 Å². The van der Waals surface area contributed by atoms with Crippen molar-refractivity contribution >= 4 is 19.9 Å². The van der Waals surface area contributed by atoms with Crippen LogP contribution in [0, 0.1) is 19.3 Å². The topological polar surface area (TPSA) is 89.6 Å². The van der Waals surface area contributed by atoms with Gasteiger partial charge in [0.2, 0.25) is 5.82 Å². The molecule has 1 unspecified atom stereocenters. The van der Waals surface area contributed by atoms with Gasteiger partial charge in [0.1, 0.15) is 0 Å². The Kier molecular flexibility index (Phi) is 7.39. The van der Waals surface area contributed by atoms with Crippen molar-refractivity contribution in [3.8, 4) is 0 Å². The van der Waals surface area contributed by atoms with E-state index in [1.54, 1.807) is 26.8 Å². The van der Waals surface area contributed by atoms with Gasteiger partial charge in [0, 0.05) is 17.8 Å². The summed E-state index contributed by atoms with van der Waals surface area (Å²) >= 11 is 0. The van der Waals surface area contributed by atoms with Gasteiger partial charge in [0.05, 0.1) is 17.7 Å². The smallest absolute Gasteiger partial charge is 0.452 e.